The number of ether oxygens (including phenoxy) is 2. The van der Waals surface area contributed by atoms with Crippen molar-refractivity contribution in [3.05, 3.63) is 95.1 Å². The number of carbonyl (C=O) groups is 2. The van der Waals surface area contributed by atoms with E-state index in [4.69, 9.17) is 9.47 Å². The molecule has 0 aromatic heterocycles. The van der Waals surface area contributed by atoms with Crippen molar-refractivity contribution in [2.24, 2.45) is 0 Å². The number of nitrogens with one attached hydrogen (secondary N) is 1. The molecule has 0 heterocycles. The quantitative estimate of drug-likeness (QED) is 0.560. The largest absolute Gasteiger partial charge is 0.489 e. The van der Waals surface area contributed by atoms with Crippen LogP contribution in [0.2, 0.25) is 0 Å². The lowest BCUT2D eigenvalue weighted by Crippen LogP contribution is -2.30. The third-order valence-corrected chi connectivity index (χ3v) is 4.85. The first-order chi connectivity index (χ1) is 14.4. The van der Waals surface area contributed by atoms with Gasteiger partial charge in [-0.1, -0.05) is 42.5 Å². The van der Waals surface area contributed by atoms with Gasteiger partial charge in [-0.15, -0.1) is 0 Å². The van der Waals surface area contributed by atoms with Crippen LogP contribution in [0.25, 0.3) is 0 Å². The molecule has 1 amide bonds. The maximum Gasteiger partial charge on any atom is 0.339 e. The second-order valence-electron chi connectivity index (χ2n) is 7.08. The van der Waals surface area contributed by atoms with Crippen molar-refractivity contribution in [2.75, 3.05) is 5.32 Å². The maximum atomic E-state index is 12.4. The van der Waals surface area contributed by atoms with E-state index in [1.54, 1.807) is 43.3 Å². The summed E-state index contributed by atoms with van der Waals surface area (Å²) in [7, 11) is 0. The zero-order valence-electron chi connectivity index (χ0n) is 17.3. The highest BCUT2D eigenvalue weighted by Gasteiger charge is 2.20. The number of amides is 1. The summed E-state index contributed by atoms with van der Waals surface area (Å²) in [5.41, 5.74) is 3.99. The van der Waals surface area contributed by atoms with Gasteiger partial charge in [0.1, 0.15) is 12.4 Å². The van der Waals surface area contributed by atoms with Crippen LogP contribution < -0.4 is 10.1 Å². The Bertz CT molecular complexity index is 1010. The van der Waals surface area contributed by atoms with E-state index in [9.17, 15) is 9.59 Å². The molecule has 3 aromatic rings. The number of hydrogen-bond donors (Lipinski definition) is 1. The average Bonchev–Trinajstić information content (AvgIpc) is 2.75. The number of rotatable bonds is 7. The monoisotopic (exact) mass is 403 g/mol. The van der Waals surface area contributed by atoms with Gasteiger partial charge in [-0.25, -0.2) is 4.79 Å². The van der Waals surface area contributed by atoms with Crippen LogP contribution in [-0.4, -0.2) is 18.0 Å². The number of hydrogen-bond acceptors (Lipinski definition) is 4. The van der Waals surface area contributed by atoms with Gasteiger partial charge in [-0.05, 0) is 67.8 Å². The van der Waals surface area contributed by atoms with Gasteiger partial charge in [0, 0.05) is 5.69 Å². The predicted octanol–water partition coefficient (Wildman–Crippen LogP) is 5.07. The highest BCUT2D eigenvalue weighted by molar-refractivity contribution is 5.97. The minimum absolute atomic E-state index is 0.397. The highest BCUT2D eigenvalue weighted by Crippen LogP contribution is 2.18. The summed E-state index contributed by atoms with van der Waals surface area (Å²) in [6, 6.07) is 22.4. The fourth-order valence-corrected chi connectivity index (χ4v) is 2.87. The van der Waals surface area contributed by atoms with Crippen molar-refractivity contribution in [2.45, 2.75) is 33.5 Å². The van der Waals surface area contributed by atoms with Crippen LogP contribution in [0.4, 0.5) is 5.69 Å². The predicted molar refractivity (Wildman–Crippen MR) is 117 cm³/mol. The minimum atomic E-state index is -0.925. The molecule has 0 spiro atoms. The van der Waals surface area contributed by atoms with E-state index in [2.05, 4.69) is 5.32 Å². The molecule has 3 rings (SSSR count). The van der Waals surface area contributed by atoms with Gasteiger partial charge in [-0.2, -0.15) is 0 Å². The molecule has 3 aromatic carbocycles. The van der Waals surface area contributed by atoms with Crippen molar-refractivity contribution in [3.8, 4) is 5.75 Å². The Hall–Kier alpha value is -3.60. The van der Waals surface area contributed by atoms with Crippen molar-refractivity contribution >= 4 is 17.6 Å². The zero-order chi connectivity index (χ0) is 21.5. The molecule has 0 radical (unpaired) electrons. The average molecular weight is 403 g/mol. The standard InChI is InChI=1S/C25H25NO4/c1-17-8-7-11-23(18(17)2)25(28)30-19(3)24(27)26-21-12-14-22(15-13-21)29-16-20-9-5-4-6-10-20/h4-15,19H,16H2,1-3H3,(H,26,27)/t19-/m1/s1. The van der Waals surface area contributed by atoms with Crippen LogP contribution >= 0.6 is 0 Å². The van der Waals surface area contributed by atoms with Gasteiger partial charge in [0.05, 0.1) is 5.56 Å². The Morgan fingerprint density at radius 1 is 0.900 bits per heavy atom. The van der Waals surface area contributed by atoms with Gasteiger partial charge < -0.3 is 14.8 Å². The summed E-state index contributed by atoms with van der Waals surface area (Å²) in [6.45, 7) is 5.81. The van der Waals surface area contributed by atoms with E-state index in [1.807, 2.05) is 50.2 Å². The number of anilines is 1. The Morgan fingerprint density at radius 2 is 1.60 bits per heavy atom. The van der Waals surface area contributed by atoms with E-state index >= 15 is 0 Å². The fourth-order valence-electron chi connectivity index (χ4n) is 2.87. The Kier molecular flexibility index (Phi) is 6.86. The number of esters is 1. The summed E-state index contributed by atoms with van der Waals surface area (Å²) in [6.07, 6.45) is -0.925. The second kappa shape index (κ2) is 9.74. The molecule has 0 aliphatic heterocycles. The van der Waals surface area contributed by atoms with Crippen LogP contribution in [-0.2, 0) is 16.1 Å². The fraction of sp³-hybridized carbons (Fsp3) is 0.200. The molecule has 30 heavy (non-hydrogen) atoms. The Balaban J connectivity index is 1.53. The molecule has 0 saturated heterocycles. The van der Waals surface area contributed by atoms with E-state index in [0.29, 0.717) is 23.6 Å². The second-order valence-corrected chi connectivity index (χ2v) is 7.08. The summed E-state index contributed by atoms with van der Waals surface area (Å²) < 4.78 is 11.1. The van der Waals surface area contributed by atoms with Gasteiger partial charge in [0.15, 0.2) is 6.10 Å². The SMILES string of the molecule is Cc1cccc(C(=O)O[C@H](C)C(=O)Nc2ccc(OCc3ccccc3)cc2)c1C. The van der Waals surface area contributed by atoms with Crippen molar-refractivity contribution in [3.63, 3.8) is 0 Å². The van der Waals surface area contributed by atoms with E-state index < -0.39 is 18.0 Å². The zero-order valence-corrected chi connectivity index (χ0v) is 17.3. The minimum Gasteiger partial charge on any atom is -0.489 e. The molecule has 154 valence electrons. The van der Waals surface area contributed by atoms with E-state index in [-0.39, 0.29) is 0 Å². The van der Waals surface area contributed by atoms with Crippen LogP contribution in [0.1, 0.15) is 34.0 Å². The molecule has 0 bridgehead atoms. The lowest BCUT2D eigenvalue weighted by atomic mass is 10.0. The molecular weight excluding hydrogens is 378 g/mol. The van der Waals surface area contributed by atoms with E-state index in [0.717, 1.165) is 16.7 Å². The number of benzene rings is 3. The van der Waals surface area contributed by atoms with Gasteiger partial charge >= 0.3 is 5.97 Å². The first kappa shape index (κ1) is 21.1. The highest BCUT2D eigenvalue weighted by atomic mass is 16.5. The lowest BCUT2D eigenvalue weighted by molar-refractivity contribution is -0.123. The molecule has 0 unspecified atom stereocenters. The first-order valence-electron chi connectivity index (χ1n) is 9.79. The summed E-state index contributed by atoms with van der Waals surface area (Å²) >= 11 is 0. The molecule has 1 atom stereocenters. The number of carbonyl (C=O) groups excluding carboxylic acids is 2. The molecule has 5 heteroatoms. The van der Waals surface area contributed by atoms with Gasteiger partial charge in [0.25, 0.3) is 5.91 Å². The third-order valence-electron chi connectivity index (χ3n) is 4.85. The third kappa shape index (κ3) is 5.47. The number of aryl methyl sites for hydroxylation is 1. The van der Waals surface area contributed by atoms with Crippen molar-refractivity contribution in [1.82, 2.24) is 0 Å². The molecule has 0 aliphatic carbocycles. The molecule has 0 fully saturated rings. The van der Waals surface area contributed by atoms with E-state index in [1.165, 1.54) is 0 Å². The van der Waals surface area contributed by atoms with Crippen molar-refractivity contribution < 1.29 is 19.1 Å². The Morgan fingerprint density at radius 3 is 2.30 bits per heavy atom. The Labute approximate surface area is 176 Å². The molecular formula is C25H25NO4. The first-order valence-corrected chi connectivity index (χ1v) is 9.79. The molecule has 0 saturated carbocycles. The normalized spacial score (nSPS) is 11.4. The maximum absolute atomic E-state index is 12.4. The molecule has 0 aliphatic rings. The van der Waals surface area contributed by atoms with Gasteiger partial charge in [0.2, 0.25) is 0 Å². The molecule has 1 N–H and O–H groups in total. The van der Waals surface area contributed by atoms with Crippen LogP contribution in [0, 0.1) is 13.8 Å². The lowest BCUT2D eigenvalue weighted by Gasteiger charge is -2.15. The van der Waals surface area contributed by atoms with Crippen molar-refractivity contribution in [1.29, 1.82) is 0 Å². The summed E-state index contributed by atoms with van der Waals surface area (Å²) in [5, 5.41) is 2.75. The summed E-state index contributed by atoms with van der Waals surface area (Å²) in [4.78, 5) is 24.8. The topological polar surface area (TPSA) is 64.6 Å². The van der Waals surface area contributed by atoms with Crippen LogP contribution in [0.15, 0.2) is 72.8 Å². The van der Waals surface area contributed by atoms with Gasteiger partial charge in [-0.3, -0.25) is 4.79 Å². The summed E-state index contributed by atoms with van der Waals surface area (Å²) in [5.74, 6) is -0.207. The smallest absolute Gasteiger partial charge is 0.339 e. The molecule has 5 nitrogen and oxygen atoms in total. The van der Waals surface area contributed by atoms with Crippen LogP contribution in [0.5, 0.6) is 5.75 Å². The van der Waals surface area contributed by atoms with Crippen LogP contribution in [0.3, 0.4) is 0 Å².